The molecule has 1 aliphatic rings. The Morgan fingerprint density at radius 2 is 2.18 bits per heavy atom. The summed E-state index contributed by atoms with van der Waals surface area (Å²) in [5, 5.41) is 3.86. The van der Waals surface area contributed by atoms with Crippen molar-refractivity contribution in [1.29, 1.82) is 0 Å². The van der Waals surface area contributed by atoms with Gasteiger partial charge in [-0.3, -0.25) is 9.89 Å². The molecule has 1 aromatic carbocycles. The summed E-state index contributed by atoms with van der Waals surface area (Å²) in [5.74, 6) is 1.72. The van der Waals surface area contributed by atoms with Crippen molar-refractivity contribution in [3.05, 3.63) is 56.5 Å². The van der Waals surface area contributed by atoms with E-state index in [0.29, 0.717) is 11.6 Å². The molecule has 5 heteroatoms. The minimum absolute atomic E-state index is 0.0879. The number of fused-ring (bicyclic) bond motifs is 1. The molecule has 0 spiro atoms. The van der Waals surface area contributed by atoms with Crippen LogP contribution in [0.5, 0.6) is 0 Å². The van der Waals surface area contributed by atoms with Gasteiger partial charge in [0.1, 0.15) is 0 Å². The van der Waals surface area contributed by atoms with Crippen LogP contribution in [0.3, 0.4) is 0 Å². The van der Waals surface area contributed by atoms with Crippen molar-refractivity contribution >= 4 is 23.4 Å². The van der Waals surface area contributed by atoms with Crippen LogP contribution in [-0.4, -0.2) is 9.78 Å². The quantitative estimate of drug-likeness (QED) is 0.907. The van der Waals surface area contributed by atoms with Crippen LogP contribution in [0.1, 0.15) is 16.8 Å². The molecule has 0 atom stereocenters. The first-order chi connectivity index (χ1) is 8.25. The Bertz CT molecular complexity index is 617. The third kappa shape index (κ3) is 1.91. The summed E-state index contributed by atoms with van der Waals surface area (Å²) >= 11 is 7.86. The lowest BCUT2D eigenvalue weighted by atomic mass is 10.2. The topological polar surface area (TPSA) is 37.8 Å². The van der Waals surface area contributed by atoms with E-state index in [9.17, 15) is 4.79 Å². The first-order valence-electron chi connectivity index (χ1n) is 5.37. The normalized spacial score (nSPS) is 13.9. The highest BCUT2D eigenvalue weighted by atomic mass is 35.5. The van der Waals surface area contributed by atoms with Crippen molar-refractivity contribution in [3.63, 3.8) is 0 Å². The van der Waals surface area contributed by atoms with Gasteiger partial charge in [0.25, 0.3) is 5.56 Å². The first-order valence-corrected chi connectivity index (χ1v) is 6.90. The number of aromatic amines is 1. The number of hydrogen-bond donors (Lipinski definition) is 1. The maximum Gasteiger partial charge on any atom is 0.271 e. The average Bonchev–Trinajstić information content (AvgIpc) is 2.87. The maximum atomic E-state index is 12.1. The molecule has 0 unspecified atom stereocenters. The number of aromatic nitrogens is 2. The summed E-state index contributed by atoms with van der Waals surface area (Å²) in [7, 11) is 0. The largest absolute Gasteiger partial charge is 0.298 e. The van der Waals surface area contributed by atoms with Crippen LogP contribution in [-0.2, 0) is 18.1 Å². The molecule has 0 radical (unpaired) electrons. The van der Waals surface area contributed by atoms with Crippen molar-refractivity contribution < 1.29 is 0 Å². The van der Waals surface area contributed by atoms with E-state index in [2.05, 4.69) is 5.10 Å². The SMILES string of the molecule is O=c1c2c([nH]n1Cc1ccccc1Cl)CSC2. The van der Waals surface area contributed by atoms with Gasteiger partial charge in [0.2, 0.25) is 0 Å². The van der Waals surface area contributed by atoms with Gasteiger partial charge in [-0.05, 0) is 11.6 Å². The van der Waals surface area contributed by atoms with Crippen LogP contribution in [0.15, 0.2) is 29.1 Å². The number of H-pyrrole nitrogens is 1. The van der Waals surface area contributed by atoms with E-state index < -0.39 is 0 Å². The van der Waals surface area contributed by atoms with Gasteiger partial charge < -0.3 is 0 Å². The van der Waals surface area contributed by atoms with E-state index >= 15 is 0 Å². The highest BCUT2D eigenvalue weighted by molar-refractivity contribution is 7.98. The lowest BCUT2D eigenvalue weighted by Crippen LogP contribution is -2.19. The summed E-state index contributed by atoms with van der Waals surface area (Å²) in [6.07, 6.45) is 0. The van der Waals surface area contributed by atoms with Crippen molar-refractivity contribution in [2.24, 2.45) is 0 Å². The van der Waals surface area contributed by atoms with Gasteiger partial charge in [0, 0.05) is 16.5 Å². The number of nitrogens with one attached hydrogen (secondary N) is 1. The van der Waals surface area contributed by atoms with Crippen LogP contribution in [0.4, 0.5) is 0 Å². The van der Waals surface area contributed by atoms with Crippen LogP contribution >= 0.6 is 23.4 Å². The van der Waals surface area contributed by atoms with Crippen LogP contribution in [0, 0.1) is 0 Å². The summed E-state index contributed by atoms with van der Waals surface area (Å²) in [5.41, 5.74) is 3.03. The molecule has 0 amide bonds. The zero-order valence-corrected chi connectivity index (χ0v) is 10.6. The number of rotatable bonds is 2. The molecule has 3 rings (SSSR count). The minimum atomic E-state index is 0.0879. The third-order valence-electron chi connectivity index (χ3n) is 2.92. The molecule has 3 nitrogen and oxygen atoms in total. The molecular formula is C12H11ClN2OS. The average molecular weight is 267 g/mol. The number of nitrogens with zero attached hydrogens (tertiary/aromatic N) is 1. The minimum Gasteiger partial charge on any atom is -0.298 e. The highest BCUT2D eigenvalue weighted by Crippen LogP contribution is 2.26. The fourth-order valence-corrected chi connectivity index (χ4v) is 3.25. The van der Waals surface area contributed by atoms with E-state index in [1.807, 2.05) is 24.3 Å². The second kappa shape index (κ2) is 4.27. The lowest BCUT2D eigenvalue weighted by Gasteiger charge is -2.04. The van der Waals surface area contributed by atoms with Crippen LogP contribution in [0.25, 0.3) is 0 Å². The second-order valence-electron chi connectivity index (χ2n) is 4.04. The van der Waals surface area contributed by atoms with Gasteiger partial charge in [-0.15, -0.1) is 0 Å². The van der Waals surface area contributed by atoms with Crippen molar-refractivity contribution in [3.8, 4) is 0 Å². The molecule has 88 valence electrons. The molecule has 0 aliphatic carbocycles. The molecule has 2 heterocycles. The third-order valence-corrected chi connectivity index (χ3v) is 4.27. The molecule has 1 aliphatic heterocycles. The predicted molar refractivity (Wildman–Crippen MR) is 70.6 cm³/mol. The summed E-state index contributed by atoms with van der Waals surface area (Å²) < 4.78 is 1.64. The van der Waals surface area contributed by atoms with Crippen LogP contribution in [0.2, 0.25) is 5.02 Å². The number of hydrogen-bond acceptors (Lipinski definition) is 2. The van der Waals surface area contributed by atoms with Gasteiger partial charge in [-0.25, -0.2) is 4.68 Å². The van der Waals surface area contributed by atoms with E-state index in [4.69, 9.17) is 11.6 Å². The Morgan fingerprint density at radius 3 is 2.94 bits per heavy atom. The van der Waals surface area contributed by atoms with Gasteiger partial charge in [-0.1, -0.05) is 29.8 Å². The first kappa shape index (κ1) is 11.0. The van der Waals surface area contributed by atoms with Crippen molar-refractivity contribution in [2.75, 3.05) is 0 Å². The molecule has 0 fully saturated rings. The molecule has 2 aromatic rings. The van der Waals surface area contributed by atoms with Gasteiger partial charge in [-0.2, -0.15) is 11.8 Å². The molecule has 0 saturated carbocycles. The zero-order chi connectivity index (χ0) is 11.8. The zero-order valence-electron chi connectivity index (χ0n) is 9.07. The Balaban J connectivity index is 1.97. The van der Waals surface area contributed by atoms with E-state index in [-0.39, 0.29) is 5.56 Å². The molecule has 0 saturated heterocycles. The fraction of sp³-hybridized carbons (Fsp3) is 0.250. The monoisotopic (exact) mass is 266 g/mol. The maximum absolute atomic E-state index is 12.1. The Hall–Kier alpha value is -1.13. The molecule has 0 bridgehead atoms. The van der Waals surface area contributed by atoms with Gasteiger partial charge in [0.05, 0.1) is 17.8 Å². The molecule has 1 aromatic heterocycles. The summed E-state index contributed by atoms with van der Waals surface area (Å²) in [6, 6.07) is 7.60. The Kier molecular flexibility index (Phi) is 2.76. The molecule has 17 heavy (non-hydrogen) atoms. The predicted octanol–water partition coefficient (Wildman–Crippen LogP) is 2.62. The van der Waals surface area contributed by atoms with Gasteiger partial charge in [0.15, 0.2) is 0 Å². The van der Waals surface area contributed by atoms with Crippen molar-refractivity contribution in [1.82, 2.24) is 9.78 Å². The van der Waals surface area contributed by atoms with E-state index in [1.54, 1.807) is 16.4 Å². The van der Waals surface area contributed by atoms with Crippen molar-refractivity contribution in [2.45, 2.75) is 18.1 Å². The standard InChI is InChI=1S/C12H11ClN2OS/c13-10-4-2-1-3-8(10)5-15-12(16)9-6-17-7-11(9)14-15/h1-4,14H,5-7H2. The lowest BCUT2D eigenvalue weighted by molar-refractivity contribution is 0.656. The van der Waals surface area contributed by atoms with Crippen LogP contribution < -0.4 is 5.56 Å². The van der Waals surface area contributed by atoms with E-state index in [0.717, 1.165) is 28.3 Å². The number of benzene rings is 1. The Morgan fingerprint density at radius 1 is 1.35 bits per heavy atom. The highest BCUT2D eigenvalue weighted by Gasteiger charge is 2.19. The van der Waals surface area contributed by atoms with E-state index in [1.165, 1.54) is 0 Å². The smallest absolute Gasteiger partial charge is 0.271 e. The molecule has 1 N–H and O–H groups in total. The molecular weight excluding hydrogens is 256 g/mol. The fourth-order valence-electron chi connectivity index (χ4n) is 2.00. The summed E-state index contributed by atoms with van der Waals surface area (Å²) in [4.78, 5) is 12.1. The Labute approximate surface area is 108 Å². The number of thioether (sulfide) groups is 1. The summed E-state index contributed by atoms with van der Waals surface area (Å²) in [6.45, 7) is 0.510. The van der Waals surface area contributed by atoms with Gasteiger partial charge >= 0.3 is 0 Å². The number of halogens is 1. The second-order valence-corrected chi connectivity index (χ2v) is 5.44.